The molecule has 3 aromatic carbocycles. The third kappa shape index (κ3) is 13.5. The summed E-state index contributed by atoms with van der Waals surface area (Å²) >= 11 is 11.1. The number of rotatable bonds is 15. The summed E-state index contributed by atoms with van der Waals surface area (Å²) in [6.07, 6.45) is 3.19. The first-order valence-corrected chi connectivity index (χ1v) is 16.6. The third-order valence-electron chi connectivity index (χ3n) is 6.23. The van der Waals surface area contributed by atoms with Crippen LogP contribution in [-0.4, -0.2) is 49.6 Å². The van der Waals surface area contributed by atoms with Crippen LogP contribution in [-0.2, 0) is 37.4 Å². The molecule has 238 valence electrons. The van der Waals surface area contributed by atoms with Crippen LogP contribution in [0, 0.1) is 0 Å². The zero-order valence-corrected chi connectivity index (χ0v) is 27.4. The summed E-state index contributed by atoms with van der Waals surface area (Å²) in [5.41, 5.74) is 2.99. The van der Waals surface area contributed by atoms with E-state index in [1.165, 1.54) is 11.6 Å². The van der Waals surface area contributed by atoms with Gasteiger partial charge in [0, 0.05) is 60.8 Å². The second-order valence-electron chi connectivity index (χ2n) is 10.0. The number of nitrogens with one attached hydrogen (secondary N) is 3. The van der Waals surface area contributed by atoms with Gasteiger partial charge in [0.15, 0.2) is 0 Å². The molecule has 0 aliphatic rings. The van der Waals surface area contributed by atoms with Gasteiger partial charge in [-0.25, -0.2) is 13.1 Å². The lowest BCUT2D eigenvalue weighted by atomic mass is 10.0. The van der Waals surface area contributed by atoms with E-state index in [1.807, 2.05) is 48.0 Å². The van der Waals surface area contributed by atoms with E-state index in [9.17, 15) is 22.8 Å². The fourth-order valence-electron chi connectivity index (χ4n) is 4.10. The standard InChI is InChI=1S/C27H30ClN3O4S2.C5H10O2/c1-19(32)31-37(34,35)26-10-6-5-9-24(26)23-12-11-21(16-25(23)28)17-29-14-13-27(33)30-18-22(36)15-20-7-3-2-4-8-20;1-2-3-4-5(6)7/h2-12,16,22,29,36H,13-15,17-18H2,1H3,(H,30,33)(H,31,32);2-4H2,1H3,(H,6,7)/t22-;/m1./s1. The van der Waals surface area contributed by atoms with Crippen molar-refractivity contribution in [2.45, 2.75) is 62.6 Å². The maximum atomic E-state index is 12.6. The zero-order valence-electron chi connectivity index (χ0n) is 24.9. The van der Waals surface area contributed by atoms with Gasteiger partial charge in [0.2, 0.25) is 11.8 Å². The van der Waals surface area contributed by atoms with Crippen molar-refractivity contribution in [2.75, 3.05) is 13.1 Å². The minimum Gasteiger partial charge on any atom is -0.481 e. The van der Waals surface area contributed by atoms with Gasteiger partial charge >= 0.3 is 5.97 Å². The highest BCUT2D eigenvalue weighted by atomic mass is 35.5. The predicted octanol–water partition coefficient (Wildman–Crippen LogP) is 5.23. The van der Waals surface area contributed by atoms with Gasteiger partial charge < -0.3 is 15.7 Å². The summed E-state index contributed by atoms with van der Waals surface area (Å²) < 4.78 is 27.2. The first-order chi connectivity index (χ1) is 20.9. The fourth-order valence-corrected chi connectivity index (χ4v) is 5.92. The normalized spacial score (nSPS) is 11.5. The summed E-state index contributed by atoms with van der Waals surface area (Å²) in [4.78, 5) is 33.2. The van der Waals surface area contributed by atoms with Crippen LogP contribution in [0.5, 0.6) is 0 Å². The Balaban J connectivity index is 0.000000860. The van der Waals surface area contributed by atoms with E-state index in [2.05, 4.69) is 23.3 Å². The molecule has 0 heterocycles. The van der Waals surface area contributed by atoms with Gasteiger partial charge in [-0.1, -0.05) is 85.6 Å². The average molecular weight is 662 g/mol. The molecule has 0 saturated heterocycles. The molecule has 44 heavy (non-hydrogen) atoms. The van der Waals surface area contributed by atoms with Crippen LogP contribution in [0.25, 0.3) is 11.1 Å². The van der Waals surface area contributed by atoms with Gasteiger partial charge in [-0.2, -0.15) is 12.6 Å². The summed E-state index contributed by atoms with van der Waals surface area (Å²) in [5.74, 6) is -1.42. The fraction of sp³-hybridized carbons (Fsp3) is 0.344. The van der Waals surface area contributed by atoms with E-state index in [4.69, 9.17) is 16.7 Å². The van der Waals surface area contributed by atoms with E-state index < -0.39 is 21.9 Å². The third-order valence-corrected chi connectivity index (χ3v) is 8.40. The maximum Gasteiger partial charge on any atom is 0.303 e. The van der Waals surface area contributed by atoms with Crippen LogP contribution < -0.4 is 15.4 Å². The molecule has 0 saturated carbocycles. The molecular formula is C32H40ClN3O6S2. The van der Waals surface area contributed by atoms with Crippen molar-refractivity contribution in [1.82, 2.24) is 15.4 Å². The van der Waals surface area contributed by atoms with Crippen molar-refractivity contribution in [3.63, 3.8) is 0 Å². The van der Waals surface area contributed by atoms with Gasteiger partial charge in [0.1, 0.15) is 0 Å². The molecule has 3 aromatic rings. The number of hydrogen-bond donors (Lipinski definition) is 5. The number of hydrogen-bond acceptors (Lipinski definition) is 7. The Morgan fingerprint density at radius 2 is 1.61 bits per heavy atom. The second kappa shape index (κ2) is 19.1. The Morgan fingerprint density at radius 1 is 0.932 bits per heavy atom. The van der Waals surface area contributed by atoms with Gasteiger partial charge in [-0.15, -0.1) is 0 Å². The van der Waals surface area contributed by atoms with E-state index in [1.54, 1.807) is 30.3 Å². The van der Waals surface area contributed by atoms with Crippen LogP contribution >= 0.6 is 24.2 Å². The van der Waals surface area contributed by atoms with Crippen LogP contribution in [0.4, 0.5) is 0 Å². The number of benzene rings is 3. The molecule has 0 unspecified atom stereocenters. The summed E-state index contributed by atoms with van der Waals surface area (Å²) in [6.45, 7) is 4.58. The lowest BCUT2D eigenvalue weighted by Crippen LogP contribution is -2.32. The van der Waals surface area contributed by atoms with Crippen molar-refractivity contribution >= 4 is 52.0 Å². The molecule has 0 aliphatic heterocycles. The molecule has 4 N–H and O–H groups in total. The lowest BCUT2D eigenvalue weighted by Gasteiger charge is -2.14. The van der Waals surface area contributed by atoms with Crippen LogP contribution in [0.1, 0.15) is 50.7 Å². The SMILES string of the molecule is CC(=O)NS(=O)(=O)c1ccccc1-c1ccc(CNCCC(=O)NC[C@H](S)Cc2ccccc2)cc1Cl.CCCCC(=O)O. The molecule has 9 nitrogen and oxygen atoms in total. The Morgan fingerprint density at radius 3 is 2.23 bits per heavy atom. The van der Waals surface area contributed by atoms with Gasteiger partial charge in [-0.3, -0.25) is 14.4 Å². The predicted molar refractivity (Wildman–Crippen MR) is 177 cm³/mol. The molecule has 0 aromatic heterocycles. The number of carboxylic acid groups (broad SMARTS) is 1. The molecule has 0 spiro atoms. The minimum absolute atomic E-state index is 0.0313. The maximum absolute atomic E-state index is 12.6. The monoisotopic (exact) mass is 661 g/mol. The Hall–Kier alpha value is -3.38. The van der Waals surface area contributed by atoms with E-state index >= 15 is 0 Å². The lowest BCUT2D eigenvalue weighted by molar-refractivity contribution is -0.137. The highest BCUT2D eigenvalue weighted by Crippen LogP contribution is 2.33. The Bertz CT molecular complexity index is 1490. The van der Waals surface area contributed by atoms with Crippen molar-refractivity contribution in [1.29, 1.82) is 0 Å². The summed E-state index contributed by atoms with van der Waals surface area (Å²) in [5, 5.41) is 14.6. The number of carbonyl (C=O) groups excluding carboxylic acids is 2. The first kappa shape index (κ1) is 36.8. The Kier molecular flexibility index (Phi) is 16.0. The van der Waals surface area contributed by atoms with Gasteiger partial charge in [0.05, 0.1) is 4.90 Å². The van der Waals surface area contributed by atoms with E-state index in [0.717, 1.165) is 31.7 Å². The second-order valence-corrected chi connectivity index (χ2v) is 12.8. The van der Waals surface area contributed by atoms with Crippen molar-refractivity contribution in [3.8, 4) is 11.1 Å². The largest absolute Gasteiger partial charge is 0.481 e. The highest BCUT2D eigenvalue weighted by Gasteiger charge is 2.21. The van der Waals surface area contributed by atoms with Gasteiger partial charge in [-0.05, 0) is 36.1 Å². The number of sulfonamides is 1. The molecular weight excluding hydrogens is 622 g/mol. The minimum atomic E-state index is -4.03. The van der Waals surface area contributed by atoms with Crippen molar-refractivity contribution < 1.29 is 27.9 Å². The molecule has 2 amide bonds. The van der Waals surface area contributed by atoms with Crippen molar-refractivity contribution in [2.24, 2.45) is 0 Å². The van der Waals surface area contributed by atoms with Crippen molar-refractivity contribution in [3.05, 3.63) is 88.9 Å². The number of carboxylic acids is 1. The van der Waals surface area contributed by atoms with Crippen LogP contribution in [0.3, 0.4) is 0 Å². The summed E-state index contributed by atoms with van der Waals surface area (Å²) in [6, 6.07) is 21.7. The number of halogens is 1. The molecule has 1 atom stereocenters. The average Bonchev–Trinajstić information content (AvgIpc) is 2.97. The van der Waals surface area contributed by atoms with E-state index in [0.29, 0.717) is 48.6 Å². The zero-order chi connectivity index (χ0) is 32.5. The van der Waals surface area contributed by atoms with E-state index in [-0.39, 0.29) is 16.1 Å². The first-order valence-electron chi connectivity index (χ1n) is 14.2. The number of amides is 2. The molecule has 3 rings (SSSR count). The molecule has 0 bridgehead atoms. The summed E-state index contributed by atoms with van der Waals surface area (Å²) in [7, 11) is -4.03. The molecule has 12 heteroatoms. The number of thiol groups is 1. The van der Waals surface area contributed by atoms with Gasteiger partial charge in [0.25, 0.3) is 10.0 Å². The Labute approximate surface area is 270 Å². The molecule has 0 radical (unpaired) electrons. The smallest absolute Gasteiger partial charge is 0.303 e. The van der Waals surface area contributed by atoms with Crippen LogP contribution in [0.2, 0.25) is 5.02 Å². The number of aliphatic carboxylic acids is 1. The number of unbranched alkanes of at least 4 members (excludes halogenated alkanes) is 1. The number of carbonyl (C=O) groups is 3. The molecule has 0 fully saturated rings. The quantitative estimate of drug-likeness (QED) is 0.111. The highest BCUT2D eigenvalue weighted by molar-refractivity contribution is 7.90. The topological polar surface area (TPSA) is 142 Å². The molecule has 0 aliphatic carbocycles. The van der Waals surface area contributed by atoms with Crippen LogP contribution in [0.15, 0.2) is 77.7 Å².